The molecule has 0 spiro atoms. The third-order valence-electron chi connectivity index (χ3n) is 1.42. The molecule has 0 amide bonds. The van der Waals surface area contributed by atoms with Gasteiger partial charge in [0.1, 0.15) is 5.15 Å². The predicted molar refractivity (Wildman–Crippen MR) is 51.0 cm³/mol. The quantitative estimate of drug-likeness (QED) is 0.783. The molecule has 0 bridgehead atoms. The Balaban J connectivity index is 3.04. The molecule has 1 aromatic heterocycles. The van der Waals surface area contributed by atoms with Gasteiger partial charge >= 0.3 is 0 Å². The van der Waals surface area contributed by atoms with E-state index in [-0.39, 0.29) is 11.7 Å². The van der Waals surface area contributed by atoms with Crippen LogP contribution in [0.15, 0.2) is 16.7 Å². The molecule has 1 heterocycles. The van der Waals surface area contributed by atoms with Gasteiger partial charge in [-0.15, -0.1) is 0 Å². The highest BCUT2D eigenvalue weighted by Crippen LogP contribution is 2.23. The molecule has 0 aliphatic heterocycles. The zero-order valence-electron chi connectivity index (χ0n) is 6.17. The maximum atomic E-state index is 9.36. The van der Waals surface area contributed by atoms with Crippen molar-refractivity contribution < 1.29 is 5.11 Å². The monoisotopic (exact) mass is 250 g/mol. The topological polar surface area (TPSA) is 59.1 Å². The van der Waals surface area contributed by atoms with Crippen LogP contribution in [-0.4, -0.2) is 16.6 Å². The van der Waals surface area contributed by atoms with Crippen LogP contribution in [0.5, 0.6) is 0 Å². The summed E-state index contributed by atoms with van der Waals surface area (Å²) in [5.74, 6) is 0. The summed E-state index contributed by atoms with van der Waals surface area (Å²) in [7, 11) is 0. The van der Waals surface area contributed by atoms with Crippen LogP contribution in [0.2, 0.25) is 5.15 Å². The lowest BCUT2D eigenvalue weighted by Gasteiger charge is -2.09. The van der Waals surface area contributed by atoms with E-state index in [1.807, 2.05) is 0 Å². The van der Waals surface area contributed by atoms with Gasteiger partial charge < -0.3 is 10.8 Å². The molecule has 0 fully saturated rings. The van der Waals surface area contributed by atoms with Crippen molar-refractivity contribution in [3.05, 3.63) is 27.5 Å². The molecular weight excluding hydrogens is 243 g/mol. The van der Waals surface area contributed by atoms with Crippen LogP contribution < -0.4 is 5.73 Å². The van der Waals surface area contributed by atoms with Crippen LogP contribution in [-0.2, 0) is 0 Å². The van der Waals surface area contributed by atoms with Gasteiger partial charge in [0, 0.05) is 22.8 Å². The highest BCUT2D eigenvalue weighted by Gasteiger charge is 2.10. The summed E-state index contributed by atoms with van der Waals surface area (Å²) in [6, 6.07) is 1.70. The van der Waals surface area contributed by atoms with E-state index >= 15 is 0 Å². The number of hydrogen-bond acceptors (Lipinski definition) is 3. The first-order valence-corrected chi connectivity index (χ1v) is 4.51. The van der Waals surface area contributed by atoms with Gasteiger partial charge in [0.2, 0.25) is 0 Å². The lowest BCUT2D eigenvalue weighted by Crippen LogP contribution is -2.12. The molecule has 1 aromatic rings. The fourth-order valence-corrected chi connectivity index (χ4v) is 1.38. The van der Waals surface area contributed by atoms with Crippen LogP contribution in [0.1, 0.15) is 11.7 Å². The van der Waals surface area contributed by atoms with E-state index in [9.17, 15) is 5.11 Å². The molecule has 3 nitrogen and oxygen atoms in total. The highest BCUT2D eigenvalue weighted by atomic mass is 79.9. The van der Waals surface area contributed by atoms with Crippen LogP contribution in [0, 0.1) is 0 Å². The molecule has 5 heteroatoms. The third kappa shape index (κ3) is 2.17. The second-order valence-corrected chi connectivity index (χ2v) is 3.56. The van der Waals surface area contributed by atoms with Crippen LogP contribution in [0.25, 0.3) is 0 Å². The smallest absolute Gasteiger partial charge is 0.134 e. The molecule has 0 saturated heterocycles. The summed E-state index contributed by atoms with van der Waals surface area (Å²) in [5, 5.41) is 9.65. The Hall–Kier alpha value is -0.160. The second-order valence-electron chi connectivity index (χ2n) is 2.29. The molecule has 0 saturated carbocycles. The molecule has 0 aliphatic carbocycles. The van der Waals surface area contributed by atoms with Gasteiger partial charge in [-0.25, -0.2) is 4.98 Å². The lowest BCUT2D eigenvalue weighted by atomic mass is 10.2. The van der Waals surface area contributed by atoms with Gasteiger partial charge in [0.05, 0.1) is 6.10 Å². The molecule has 3 N–H and O–H groups in total. The minimum atomic E-state index is -0.748. The van der Waals surface area contributed by atoms with Crippen molar-refractivity contribution >= 4 is 27.5 Å². The molecule has 1 rings (SSSR count). The van der Waals surface area contributed by atoms with Crippen molar-refractivity contribution in [3.63, 3.8) is 0 Å². The van der Waals surface area contributed by atoms with E-state index < -0.39 is 6.10 Å². The maximum absolute atomic E-state index is 9.36. The fraction of sp³-hybridized carbons (Fsp3) is 0.286. The fourth-order valence-electron chi connectivity index (χ4n) is 0.799. The number of rotatable bonds is 2. The molecule has 66 valence electrons. The SMILES string of the molecule is NC[C@H](O)c1cc(Br)cnc1Cl. The van der Waals surface area contributed by atoms with Crippen molar-refractivity contribution in [3.8, 4) is 0 Å². The number of aliphatic hydroxyl groups is 1. The molecular formula is C7H8BrClN2O. The average molecular weight is 252 g/mol. The number of nitrogens with zero attached hydrogens (tertiary/aromatic N) is 1. The number of halogens is 2. The third-order valence-corrected chi connectivity index (χ3v) is 2.16. The lowest BCUT2D eigenvalue weighted by molar-refractivity contribution is 0.186. The van der Waals surface area contributed by atoms with Gasteiger partial charge in [0.15, 0.2) is 0 Å². The summed E-state index contributed by atoms with van der Waals surface area (Å²) in [4.78, 5) is 3.85. The first kappa shape index (κ1) is 9.92. The van der Waals surface area contributed by atoms with E-state index in [2.05, 4.69) is 20.9 Å². The van der Waals surface area contributed by atoms with Gasteiger partial charge in [-0.05, 0) is 22.0 Å². The summed E-state index contributed by atoms with van der Waals surface area (Å²) in [6.45, 7) is 0.137. The first-order chi connectivity index (χ1) is 5.65. The number of hydrogen-bond donors (Lipinski definition) is 2. The standard InChI is InChI=1S/C7H8BrClN2O/c8-4-1-5(6(12)2-10)7(9)11-3-4/h1,3,6,12H,2,10H2/t6-/m0/s1. The molecule has 12 heavy (non-hydrogen) atoms. The van der Waals surface area contributed by atoms with Gasteiger partial charge in [-0.1, -0.05) is 11.6 Å². The Morgan fingerprint density at radius 3 is 3.00 bits per heavy atom. The molecule has 0 radical (unpaired) electrons. The molecule has 0 unspecified atom stereocenters. The Kier molecular flexibility index (Phi) is 3.46. The largest absolute Gasteiger partial charge is 0.387 e. The predicted octanol–water partition coefficient (Wildman–Crippen LogP) is 1.49. The Morgan fingerprint density at radius 2 is 2.42 bits per heavy atom. The van der Waals surface area contributed by atoms with Gasteiger partial charge in [-0.3, -0.25) is 0 Å². The van der Waals surface area contributed by atoms with E-state index in [4.69, 9.17) is 17.3 Å². The van der Waals surface area contributed by atoms with Crippen LogP contribution >= 0.6 is 27.5 Å². The highest BCUT2D eigenvalue weighted by molar-refractivity contribution is 9.10. The van der Waals surface area contributed by atoms with Gasteiger partial charge in [-0.2, -0.15) is 0 Å². The van der Waals surface area contributed by atoms with Crippen LogP contribution in [0.3, 0.4) is 0 Å². The Labute approximate surface area is 83.7 Å². The Bertz CT molecular complexity index is 282. The minimum absolute atomic E-state index is 0.137. The molecule has 0 aromatic carbocycles. The van der Waals surface area contributed by atoms with Crippen molar-refractivity contribution in [2.24, 2.45) is 5.73 Å². The normalized spacial score (nSPS) is 13.0. The molecule has 1 atom stereocenters. The van der Waals surface area contributed by atoms with Crippen molar-refractivity contribution in [1.29, 1.82) is 0 Å². The molecule has 0 aliphatic rings. The summed E-state index contributed by atoms with van der Waals surface area (Å²) in [6.07, 6.45) is 0.817. The van der Waals surface area contributed by atoms with E-state index in [1.165, 1.54) is 0 Å². The second kappa shape index (κ2) is 4.18. The first-order valence-electron chi connectivity index (χ1n) is 3.34. The van der Waals surface area contributed by atoms with E-state index in [0.29, 0.717) is 5.56 Å². The number of nitrogens with two attached hydrogens (primary N) is 1. The van der Waals surface area contributed by atoms with Crippen molar-refractivity contribution in [2.75, 3.05) is 6.54 Å². The zero-order valence-corrected chi connectivity index (χ0v) is 8.51. The minimum Gasteiger partial charge on any atom is -0.387 e. The van der Waals surface area contributed by atoms with Gasteiger partial charge in [0.25, 0.3) is 0 Å². The number of aromatic nitrogens is 1. The van der Waals surface area contributed by atoms with Crippen molar-refractivity contribution in [1.82, 2.24) is 4.98 Å². The summed E-state index contributed by atoms with van der Waals surface area (Å²) < 4.78 is 0.773. The van der Waals surface area contributed by atoms with Crippen LogP contribution in [0.4, 0.5) is 0 Å². The summed E-state index contributed by atoms with van der Waals surface area (Å²) >= 11 is 8.94. The van der Waals surface area contributed by atoms with E-state index in [0.717, 1.165) is 4.47 Å². The van der Waals surface area contributed by atoms with E-state index in [1.54, 1.807) is 12.3 Å². The average Bonchev–Trinajstić information content (AvgIpc) is 2.08. The number of pyridine rings is 1. The maximum Gasteiger partial charge on any atom is 0.134 e. The number of aliphatic hydroxyl groups excluding tert-OH is 1. The summed E-state index contributed by atoms with van der Waals surface area (Å²) in [5.41, 5.74) is 5.82. The van der Waals surface area contributed by atoms with Crippen molar-refractivity contribution in [2.45, 2.75) is 6.10 Å². The zero-order chi connectivity index (χ0) is 9.14. The Morgan fingerprint density at radius 1 is 1.75 bits per heavy atom.